The molecule has 1 saturated heterocycles. The standard InChI is InChI=1S/C19H19N5O2/c1-12-8-16-17(11-22-19(16)25)23-18(12)24-6-4-14(5-7-24)26-15-3-2-13(9-20)21-10-15/h2-3,8,10,14H,4-7,11H2,1H3,(H,22,25). The number of fused-ring (bicyclic) bond motifs is 1. The Morgan fingerprint density at radius 2 is 2.15 bits per heavy atom. The summed E-state index contributed by atoms with van der Waals surface area (Å²) >= 11 is 0. The van der Waals surface area contributed by atoms with E-state index in [9.17, 15) is 4.79 Å². The molecule has 1 fully saturated rings. The Labute approximate surface area is 151 Å². The first-order valence-electron chi connectivity index (χ1n) is 8.70. The van der Waals surface area contributed by atoms with Gasteiger partial charge in [-0.25, -0.2) is 9.97 Å². The second-order valence-electron chi connectivity index (χ2n) is 6.60. The summed E-state index contributed by atoms with van der Waals surface area (Å²) in [6.45, 7) is 4.21. The highest BCUT2D eigenvalue weighted by molar-refractivity contribution is 5.98. The Balaban J connectivity index is 1.41. The van der Waals surface area contributed by atoms with E-state index in [1.54, 1.807) is 18.3 Å². The van der Waals surface area contributed by atoms with Gasteiger partial charge in [-0.15, -0.1) is 0 Å². The number of nitrogens with zero attached hydrogens (tertiary/aromatic N) is 4. The summed E-state index contributed by atoms with van der Waals surface area (Å²) in [5.74, 6) is 1.61. The van der Waals surface area contributed by atoms with Crippen LogP contribution in [0.5, 0.6) is 5.75 Å². The Hall–Kier alpha value is -3.14. The predicted octanol–water partition coefficient (Wildman–Crippen LogP) is 1.95. The zero-order chi connectivity index (χ0) is 18.1. The molecule has 0 saturated carbocycles. The van der Waals surface area contributed by atoms with E-state index < -0.39 is 0 Å². The van der Waals surface area contributed by atoms with Gasteiger partial charge in [-0.1, -0.05) is 0 Å². The average molecular weight is 349 g/mol. The van der Waals surface area contributed by atoms with E-state index in [-0.39, 0.29) is 12.0 Å². The van der Waals surface area contributed by atoms with Gasteiger partial charge in [0.2, 0.25) is 0 Å². The fourth-order valence-corrected chi connectivity index (χ4v) is 3.45. The van der Waals surface area contributed by atoms with Crippen LogP contribution in [-0.4, -0.2) is 35.1 Å². The number of aryl methyl sites for hydroxylation is 1. The summed E-state index contributed by atoms with van der Waals surface area (Å²) in [5.41, 5.74) is 2.94. The summed E-state index contributed by atoms with van der Waals surface area (Å²) in [6, 6.07) is 7.39. The van der Waals surface area contributed by atoms with E-state index in [2.05, 4.69) is 15.2 Å². The molecule has 132 valence electrons. The lowest BCUT2D eigenvalue weighted by molar-refractivity contribution is 0.0965. The van der Waals surface area contributed by atoms with Crippen molar-refractivity contribution in [2.45, 2.75) is 32.4 Å². The number of anilines is 1. The molecule has 7 nitrogen and oxygen atoms in total. The quantitative estimate of drug-likeness (QED) is 0.911. The van der Waals surface area contributed by atoms with E-state index in [1.807, 2.05) is 19.1 Å². The molecule has 26 heavy (non-hydrogen) atoms. The van der Waals surface area contributed by atoms with Crippen LogP contribution in [0.3, 0.4) is 0 Å². The van der Waals surface area contributed by atoms with Crippen LogP contribution in [0.2, 0.25) is 0 Å². The molecule has 4 heterocycles. The van der Waals surface area contributed by atoms with Crippen molar-refractivity contribution >= 4 is 11.7 Å². The van der Waals surface area contributed by atoms with Crippen LogP contribution in [0, 0.1) is 18.3 Å². The maximum atomic E-state index is 11.8. The third-order valence-corrected chi connectivity index (χ3v) is 4.82. The summed E-state index contributed by atoms with van der Waals surface area (Å²) in [5, 5.41) is 11.6. The van der Waals surface area contributed by atoms with Gasteiger partial charge in [-0.3, -0.25) is 4.79 Å². The zero-order valence-electron chi connectivity index (χ0n) is 14.5. The Bertz CT molecular complexity index is 880. The first kappa shape index (κ1) is 16.3. The summed E-state index contributed by atoms with van der Waals surface area (Å²) in [4.78, 5) is 22.8. The fraction of sp³-hybridized carbons (Fsp3) is 0.368. The molecule has 0 spiro atoms. The minimum absolute atomic E-state index is 0.0368. The van der Waals surface area contributed by atoms with Gasteiger partial charge >= 0.3 is 0 Å². The second-order valence-corrected chi connectivity index (χ2v) is 6.60. The molecule has 2 aromatic rings. The molecule has 1 N–H and O–H groups in total. The van der Waals surface area contributed by atoms with Crippen molar-refractivity contribution in [2.75, 3.05) is 18.0 Å². The molecule has 2 aliphatic heterocycles. The van der Waals surface area contributed by atoms with Gasteiger partial charge in [0, 0.05) is 25.9 Å². The predicted molar refractivity (Wildman–Crippen MR) is 95.0 cm³/mol. The maximum Gasteiger partial charge on any atom is 0.253 e. The van der Waals surface area contributed by atoms with Crippen LogP contribution >= 0.6 is 0 Å². The van der Waals surface area contributed by atoms with Crippen LogP contribution in [-0.2, 0) is 6.54 Å². The number of nitriles is 1. The summed E-state index contributed by atoms with van der Waals surface area (Å²) in [6.07, 6.45) is 3.49. The molecule has 0 aliphatic carbocycles. The SMILES string of the molecule is Cc1cc2c(nc1N1CCC(Oc3ccc(C#N)nc3)CC1)CNC2=O. The van der Waals surface area contributed by atoms with Gasteiger partial charge in [-0.05, 0) is 30.7 Å². The zero-order valence-corrected chi connectivity index (χ0v) is 14.5. The molecule has 4 rings (SSSR count). The van der Waals surface area contributed by atoms with Crippen LogP contribution < -0.4 is 15.0 Å². The largest absolute Gasteiger partial charge is 0.489 e. The van der Waals surface area contributed by atoms with Gasteiger partial charge in [-0.2, -0.15) is 5.26 Å². The van der Waals surface area contributed by atoms with Gasteiger partial charge < -0.3 is 15.0 Å². The minimum atomic E-state index is -0.0368. The third-order valence-electron chi connectivity index (χ3n) is 4.82. The maximum absolute atomic E-state index is 11.8. The van der Waals surface area contributed by atoms with Gasteiger partial charge in [0.15, 0.2) is 0 Å². The van der Waals surface area contributed by atoms with Gasteiger partial charge in [0.1, 0.15) is 29.4 Å². The number of rotatable bonds is 3. The number of piperidine rings is 1. The normalized spacial score (nSPS) is 16.8. The van der Waals surface area contributed by atoms with Crippen LogP contribution in [0.15, 0.2) is 24.4 Å². The Morgan fingerprint density at radius 3 is 2.85 bits per heavy atom. The minimum Gasteiger partial charge on any atom is -0.489 e. The highest BCUT2D eigenvalue weighted by Crippen LogP contribution is 2.27. The molecule has 2 aromatic heterocycles. The van der Waals surface area contributed by atoms with E-state index in [0.29, 0.717) is 23.6 Å². The van der Waals surface area contributed by atoms with E-state index in [0.717, 1.165) is 43.0 Å². The Kier molecular flexibility index (Phi) is 4.17. The molecular weight excluding hydrogens is 330 g/mol. The topological polar surface area (TPSA) is 91.1 Å². The molecule has 7 heteroatoms. The van der Waals surface area contributed by atoms with E-state index in [1.165, 1.54) is 0 Å². The number of carbonyl (C=O) groups excluding carboxylic acids is 1. The first-order chi connectivity index (χ1) is 12.6. The summed E-state index contributed by atoms with van der Waals surface area (Å²) in [7, 11) is 0. The smallest absolute Gasteiger partial charge is 0.253 e. The Morgan fingerprint density at radius 1 is 1.35 bits per heavy atom. The number of aromatic nitrogens is 2. The average Bonchev–Trinajstić information content (AvgIpc) is 3.02. The number of amides is 1. The van der Waals surface area contributed by atoms with E-state index >= 15 is 0 Å². The molecule has 0 radical (unpaired) electrons. The van der Waals surface area contributed by atoms with Crippen molar-refractivity contribution in [1.29, 1.82) is 5.26 Å². The van der Waals surface area contributed by atoms with Gasteiger partial charge in [0.05, 0.1) is 24.0 Å². The number of nitrogens with one attached hydrogen (secondary N) is 1. The number of hydrogen-bond donors (Lipinski definition) is 1. The molecule has 0 atom stereocenters. The molecule has 0 bridgehead atoms. The second kappa shape index (κ2) is 6.64. The van der Waals surface area contributed by atoms with Crippen molar-refractivity contribution in [3.63, 3.8) is 0 Å². The van der Waals surface area contributed by atoms with Crippen molar-refractivity contribution in [3.8, 4) is 11.8 Å². The van der Waals surface area contributed by atoms with Gasteiger partial charge in [0.25, 0.3) is 5.91 Å². The van der Waals surface area contributed by atoms with Crippen LogP contribution in [0.25, 0.3) is 0 Å². The number of ether oxygens (including phenoxy) is 1. The number of carbonyl (C=O) groups is 1. The number of hydrogen-bond acceptors (Lipinski definition) is 6. The summed E-state index contributed by atoms with van der Waals surface area (Å²) < 4.78 is 5.98. The first-order valence-corrected chi connectivity index (χ1v) is 8.70. The molecular formula is C19H19N5O2. The van der Waals surface area contributed by atoms with Crippen molar-refractivity contribution < 1.29 is 9.53 Å². The van der Waals surface area contributed by atoms with Crippen molar-refractivity contribution in [2.24, 2.45) is 0 Å². The third kappa shape index (κ3) is 3.06. The van der Waals surface area contributed by atoms with Crippen molar-refractivity contribution in [1.82, 2.24) is 15.3 Å². The molecule has 0 unspecified atom stereocenters. The highest BCUT2D eigenvalue weighted by Gasteiger charge is 2.26. The lowest BCUT2D eigenvalue weighted by Gasteiger charge is -2.33. The van der Waals surface area contributed by atoms with E-state index in [4.69, 9.17) is 15.0 Å². The highest BCUT2D eigenvalue weighted by atomic mass is 16.5. The fourth-order valence-electron chi connectivity index (χ4n) is 3.45. The lowest BCUT2D eigenvalue weighted by Crippen LogP contribution is -2.39. The molecule has 0 aromatic carbocycles. The molecule has 2 aliphatic rings. The lowest BCUT2D eigenvalue weighted by atomic mass is 10.1. The monoisotopic (exact) mass is 349 g/mol. The van der Waals surface area contributed by atoms with Crippen LogP contribution in [0.4, 0.5) is 5.82 Å². The number of pyridine rings is 2. The van der Waals surface area contributed by atoms with Crippen molar-refractivity contribution in [3.05, 3.63) is 46.9 Å². The van der Waals surface area contributed by atoms with Crippen LogP contribution in [0.1, 0.15) is 40.2 Å². The molecule has 1 amide bonds.